The van der Waals surface area contributed by atoms with Crippen LogP contribution >= 0.6 is 0 Å². The molecule has 1 heterocycles. The molecule has 1 saturated heterocycles. The maximum atomic E-state index is 14.7. The lowest BCUT2D eigenvalue weighted by Crippen LogP contribution is -2.63. The number of amides is 3. The van der Waals surface area contributed by atoms with Crippen molar-refractivity contribution in [1.29, 1.82) is 0 Å². The Morgan fingerprint density at radius 3 is 2.20 bits per heavy atom. The Bertz CT molecular complexity index is 1520. The summed E-state index contributed by atoms with van der Waals surface area (Å²) in [7, 11) is -3.57. The number of terminal acetylenes is 1. The van der Waals surface area contributed by atoms with Gasteiger partial charge in [-0.1, -0.05) is 46.1 Å². The monoisotopic (exact) mass is 727 g/mol. The van der Waals surface area contributed by atoms with E-state index in [1.165, 1.54) is 0 Å². The summed E-state index contributed by atoms with van der Waals surface area (Å²) in [6, 6.07) is -2.39. The SMILES string of the molecule is C#CCCC(CC(=O)[C@@H]1[C@H]2CCC3(CC3)[C@H]2CN1C(=O)[C@@H](NC(=O)NC1(CS(=O)(=O)C(C)(C)C)CCCCC1)C(C)(C)C)C(=O)C(=O)CCC=C. The molecule has 4 fully saturated rings. The number of Topliss-reactive ketones (excluding diaryl/α,β-unsaturated/α-hetero) is 3. The molecule has 3 amide bonds. The van der Waals surface area contributed by atoms with E-state index in [4.69, 9.17) is 6.42 Å². The average molecular weight is 728 g/mol. The highest BCUT2D eigenvalue weighted by Crippen LogP contribution is 2.66. The first kappa shape index (κ1) is 40.8. The first-order valence-corrected chi connectivity index (χ1v) is 20.6. The van der Waals surface area contributed by atoms with Crippen molar-refractivity contribution in [2.45, 2.75) is 154 Å². The van der Waals surface area contributed by atoms with Crippen LogP contribution in [0.15, 0.2) is 12.7 Å². The van der Waals surface area contributed by atoms with Crippen LogP contribution in [0.2, 0.25) is 0 Å². The van der Waals surface area contributed by atoms with Gasteiger partial charge in [0.1, 0.15) is 6.04 Å². The molecule has 0 aromatic heterocycles. The fourth-order valence-electron chi connectivity index (χ4n) is 8.85. The minimum Gasteiger partial charge on any atom is -0.332 e. The molecule has 284 valence electrons. The molecule has 1 spiro atoms. The summed E-state index contributed by atoms with van der Waals surface area (Å²) in [6.45, 7) is 14.6. The molecule has 1 aliphatic heterocycles. The van der Waals surface area contributed by atoms with Gasteiger partial charge in [-0.2, -0.15) is 0 Å². The number of carbonyl (C=O) groups excluding carboxylic acids is 5. The van der Waals surface area contributed by atoms with Gasteiger partial charge in [0.25, 0.3) is 0 Å². The van der Waals surface area contributed by atoms with Gasteiger partial charge in [0, 0.05) is 31.7 Å². The number of nitrogens with one attached hydrogen (secondary N) is 2. The topological polar surface area (TPSA) is 147 Å². The summed E-state index contributed by atoms with van der Waals surface area (Å²) in [5, 5.41) is 5.97. The van der Waals surface area contributed by atoms with Crippen molar-refractivity contribution in [2.75, 3.05) is 12.3 Å². The molecule has 1 unspecified atom stereocenters. The van der Waals surface area contributed by atoms with Crippen LogP contribution in [0, 0.1) is 40.9 Å². The minimum absolute atomic E-state index is 0.0226. The molecular formula is C40H61N3O7S. The van der Waals surface area contributed by atoms with Crippen LogP contribution in [0.4, 0.5) is 4.79 Å². The van der Waals surface area contributed by atoms with Crippen molar-refractivity contribution in [3.8, 4) is 12.3 Å². The van der Waals surface area contributed by atoms with Gasteiger partial charge in [0.15, 0.2) is 21.4 Å². The second-order valence-corrected chi connectivity index (χ2v) is 20.7. The number of fused-ring (bicyclic) bond motifs is 2. The zero-order chi connectivity index (χ0) is 38.0. The maximum absolute atomic E-state index is 14.7. The Morgan fingerprint density at radius 2 is 1.65 bits per heavy atom. The molecule has 3 saturated carbocycles. The van der Waals surface area contributed by atoms with Crippen molar-refractivity contribution < 1.29 is 32.4 Å². The molecule has 3 aliphatic carbocycles. The first-order valence-electron chi connectivity index (χ1n) is 19.0. The normalized spacial score (nSPS) is 24.9. The molecule has 4 rings (SSSR count). The number of sulfone groups is 1. The molecule has 11 heteroatoms. The average Bonchev–Trinajstić information content (AvgIpc) is 3.61. The number of nitrogens with zero attached hydrogens (tertiary/aromatic N) is 1. The van der Waals surface area contributed by atoms with Crippen LogP contribution < -0.4 is 10.6 Å². The number of urea groups is 1. The van der Waals surface area contributed by atoms with Gasteiger partial charge in [0.05, 0.1) is 22.1 Å². The van der Waals surface area contributed by atoms with Gasteiger partial charge in [-0.15, -0.1) is 18.9 Å². The Labute approximate surface area is 306 Å². The minimum atomic E-state index is -3.57. The van der Waals surface area contributed by atoms with Crippen LogP contribution in [0.25, 0.3) is 0 Å². The van der Waals surface area contributed by atoms with Gasteiger partial charge < -0.3 is 15.5 Å². The lowest BCUT2D eigenvalue weighted by Gasteiger charge is -2.41. The quantitative estimate of drug-likeness (QED) is 0.125. The number of carbonyl (C=O) groups is 5. The third kappa shape index (κ3) is 9.15. The van der Waals surface area contributed by atoms with Gasteiger partial charge in [-0.05, 0) is 94.8 Å². The van der Waals surface area contributed by atoms with Gasteiger partial charge in [-0.3, -0.25) is 19.2 Å². The Morgan fingerprint density at radius 1 is 1.00 bits per heavy atom. The second-order valence-electron chi connectivity index (χ2n) is 17.9. The third-order valence-corrected chi connectivity index (χ3v) is 15.0. The molecule has 5 atom stereocenters. The zero-order valence-electron chi connectivity index (χ0n) is 31.8. The van der Waals surface area contributed by atoms with E-state index in [1.54, 1.807) is 31.7 Å². The van der Waals surface area contributed by atoms with E-state index < -0.39 is 61.1 Å². The molecule has 0 radical (unpaired) electrons. The van der Waals surface area contributed by atoms with Crippen molar-refractivity contribution >= 4 is 39.1 Å². The summed E-state index contributed by atoms with van der Waals surface area (Å²) in [5.41, 5.74) is -1.59. The Hall–Kier alpha value is -3.00. The molecule has 0 bridgehead atoms. The second kappa shape index (κ2) is 15.5. The van der Waals surface area contributed by atoms with E-state index >= 15 is 0 Å². The third-order valence-electron chi connectivity index (χ3n) is 12.2. The highest BCUT2D eigenvalue weighted by Gasteiger charge is 2.64. The smallest absolute Gasteiger partial charge is 0.315 e. The van der Waals surface area contributed by atoms with Crippen LogP contribution in [0.5, 0.6) is 0 Å². The summed E-state index contributed by atoms with van der Waals surface area (Å²) in [4.78, 5) is 70.7. The predicted octanol–water partition coefficient (Wildman–Crippen LogP) is 5.73. The molecule has 0 aromatic rings. The number of hydrogen-bond acceptors (Lipinski definition) is 7. The van der Waals surface area contributed by atoms with Gasteiger partial charge >= 0.3 is 6.03 Å². The fourth-order valence-corrected chi connectivity index (χ4v) is 10.4. The van der Waals surface area contributed by atoms with Crippen molar-refractivity contribution in [1.82, 2.24) is 15.5 Å². The fraction of sp³-hybridized carbons (Fsp3) is 0.775. The van der Waals surface area contributed by atoms with Crippen LogP contribution in [0.3, 0.4) is 0 Å². The van der Waals surface area contributed by atoms with E-state index in [2.05, 4.69) is 23.1 Å². The summed E-state index contributed by atoms with van der Waals surface area (Å²) in [6.07, 6.45) is 15.2. The molecular weight excluding hydrogens is 667 g/mol. The van der Waals surface area contributed by atoms with Crippen molar-refractivity contribution in [3.63, 3.8) is 0 Å². The largest absolute Gasteiger partial charge is 0.332 e. The molecule has 2 N–H and O–H groups in total. The van der Waals surface area contributed by atoms with Gasteiger partial charge in [-0.25, -0.2) is 13.2 Å². The number of allylic oxidation sites excluding steroid dienone is 1. The van der Waals surface area contributed by atoms with Crippen LogP contribution in [-0.4, -0.2) is 77.3 Å². The van der Waals surface area contributed by atoms with E-state index in [-0.39, 0.29) is 60.4 Å². The van der Waals surface area contributed by atoms with Crippen LogP contribution in [0.1, 0.15) is 131 Å². The highest BCUT2D eigenvalue weighted by molar-refractivity contribution is 7.92. The number of rotatable bonds is 15. The van der Waals surface area contributed by atoms with E-state index in [0.717, 1.165) is 44.9 Å². The Kier molecular flexibility index (Phi) is 12.4. The molecule has 51 heavy (non-hydrogen) atoms. The van der Waals surface area contributed by atoms with E-state index in [1.807, 2.05) is 20.8 Å². The first-order chi connectivity index (χ1) is 23.7. The lowest BCUT2D eigenvalue weighted by atomic mass is 9.82. The van der Waals surface area contributed by atoms with Crippen LogP contribution in [-0.2, 0) is 29.0 Å². The molecule has 0 aromatic carbocycles. The van der Waals surface area contributed by atoms with Crippen molar-refractivity contribution in [3.05, 3.63) is 12.7 Å². The van der Waals surface area contributed by atoms with Gasteiger partial charge in [0.2, 0.25) is 11.7 Å². The van der Waals surface area contributed by atoms with Crippen molar-refractivity contribution in [2.24, 2.45) is 28.6 Å². The number of ketones is 3. The maximum Gasteiger partial charge on any atom is 0.315 e. The summed E-state index contributed by atoms with van der Waals surface area (Å²) < 4.78 is 25.7. The standard InChI is InChI=1S/C40H61N3O7S/c1-9-11-16-27(33(46)30(44)17-12-10-2)24-31(45)32-28-18-21-39(22-23-39)29(28)25-43(32)35(47)34(37(3,4)5)41-36(48)42-40(19-14-13-15-20-40)26-51(49,50)38(6,7)8/h1,10,27-29,32,34H,2,11-26H2,3-8H3,(H2,41,42,48)/t27?,28-,29-,32-,34+/m0/s1. The molecule has 4 aliphatic rings. The summed E-state index contributed by atoms with van der Waals surface area (Å²) >= 11 is 0. The highest BCUT2D eigenvalue weighted by atomic mass is 32.2. The van der Waals surface area contributed by atoms with E-state index in [9.17, 15) is 32.4 Å². The lowest BCUT2D eigenvalue weighted by molar-refractivity contribution is -0.144. The summed E-state index contributed by atoms with van der Waals surface area (Å²) in [5.74, 6) is -0.202. The molecule has 10 nitrogen and oxygen atoms in total. The Balaban J connectivity index is 1.60. The van der Waals surface area contributed by atoms with E-state index in [0.29, 0.717) is 25.8 Å². The number of hydrogen-bond donors (Lipinski definition) is 2. The number of likely N-dealkylation sites (tertiary alicyclic amines) is 1. The zero-order valence-corrected chi connectivity index (χ0v) is 32.6. The predicted molar refractivity (Wildman–Crippen MR) is 198 cm³/mol.